The van der Waals surface area contributed by atoms with E-state index in [1.807, 2.05) is 6.07 Å². The van der Waals surface area contributed by atoms with Gasteiger partial charge in [-0.15, -0.1) is 0 Å². The Labute approximate surface area is 104 Å². The Kier molecular flexibility index (Phi) is 3.64. The van der Waals surface area contributed by atoms with Gasteiger partial charge in [0.05, 0.1) is 6.20 Å². The highest BCUT2D eigenvalue weighted by Gasteiger charge is 2.15. The number of amides is 1. The second-order valence-electron chi connectivity index (χ2n) is 3.74. The second-order valence-corrected chi connectivity index (χ2v) is 3.74. The molecule has 1 amide bonds. The third-order valence-electron chi connectivity index (χ3n) is 2.42. The molecule has 0 aliphatic rings. The van der Waals surface area contributed by atoms with Crippen molar-refractivity contribution in [2.75, 3.05) is 5.32 Å². The molecule has 0 aliphatic heterocycles. The summed E-state index contributed by atoms with van der Waals surface area (Å²) in [5, 5.41) is 2.53. The molecule has 0 radical (unpaired) electrons. The molecule has 4 nitrogen and oxygen atoms in total. The molecule has 18 heavy (non-hydrogen) atoms. The van der Waals surface area contributed by atoms with Gasteiger partial charge in [-0.1, -0.05) is 30.3 Å². The van der Waals surface area contributed by atoms with E-state index in [0.717, 1.165) is 6.20 Å². The van der Waals surface area contributed by atoms with E-state index in [1.165, 1.54) is 12.1 Å². The van der Waals surface area contributed by atoms with Crippen LogP contribution in [0.1, 0.15) is 11.6 Å². The number of hydrogen-bond donors (Lipinski definition) is 2. The maximum atomic E-state index is 12.6. The van der Waals surface area contributed by atoms with Crippen molar-refractivity contribution < 1.29 is 9.18 Å². The Bertz CT molecular complexity index is 528. The summed E-state index contributed by atoms with van der Waals surface area (Å²) in [5.41, 5.74) is 6.51. The smallest absolute Gasteiger partial charge is 0.247 e. The zero-order valence-corrected chi connectivity index (χ0v) is 9.51. The van der Waals surface area contributed by atoms with Crippen LogP contribution in [0.4, 0.5) is 10.2 Å². The van der Waals surface area contributed by atoms with Crippen molar-refractivity contribution in [2.45, 2.75) is 6.04 Å². The largest absolute Gasteiger partial charge is 0.316 e. The molecule has 0 saturated carbocycles. The number of anilines is 1. The normalized spacial score (nSPS) is 11.9. The quantitative estimate of drug-likeness (QED) is 0.867. The number of hydrogen-bond acceptors (Lipinski definition) is 3. The van der Waals surface area contributed by atoms with E-state index in [1.54, 1.807) is 24.3 Å². The average molecular weight is 245 g/mol. The molecule has 0 bridgehead atoms. The maximum absolute atomic E-state index is 12.6. The summed E-state index contributed by atoms with van der Waals surface area (Å²) in [6.07, 6.45) is 1.03. The monoisotopic (exact) mass is 245 g/mol. The van der Waals surface area contributed by atoms with Crippen LogP contribution in [-0.2, 0) is 4.79 Å². The predicted molar refractivity (Wildman–Crippen MR) is 66.2 cm³/mol. The number of rotatable bonds is 3. The van der Waals surface area contributed by atoms with Crippen LogP contribution in [0.25, 0.3) is 0 Å². The highest BCUT2D eigenvalue weighted by molar-refractivity contribution is 5.94. The van der Waals surface area contributed by atoms with Crippen LogP contribution in [0.5, 0.6) is 0 Å². The molecule has 0 aliphatic carbocycles. The van der Waals surface area contributed by atoms with Crippen LogP contribution < -0.4 is 11.1 Å². The molecule has 0 unspecified atom stereocenters. The fourth-order valence-electron chi connectivity index (χ4n) is 1.47. The molecular formula is C13H12FN3O. The SMILES string of the molecule is N[C@@H](C(=O)Nc1ccc(F)cn1)c1ccccc1. The second kappa shape index (κ2) is 5.37. The summed E-state index contributed by atoms with van der Waals surface area (Å²) in [6, 6.07) is 10.8. The highest BCUT2D eigenvalue weighted by atomic mass is 19.1. The van der Waals surface area contributed by atoms with Gasteiger partial charge in [0, 0.05) is 0 Å². The van der Waals surface area contributed by atoms with Gasteiger partial charge < -0.3 is 11.1 Å². The number of aromatic nitrogens is 1. The zero-order chi connectivity index (χ0) is 13.0. The molecule has 0 saturated heterocycles. The summed E-state index contributed by atoms with van der Waals surface area (Å²) in [6.45, 7) is 0. The van der Waals surface area contributed by atoms with Crippen molar-refractivity contribution in [3.05, 3.63) is 60.0 Å². The van der Waals surface area contributed by atoms with E-state index < -0.39 is 11.9 Å². The maximum Gasteiger partial charge on any atom is 0.247 e. The van der Waals surface area contributed by atoms with Crippen molar-refractivity contribution in [3.8, 4) is 0 Å². The summed E-state index contributed by atoms with van der Waals surface area (Å²) in [5.74, 6) is -0.576. The minimum atomic E-state index is -0.780. The lowest BCUT2D eigenvalue weighted by atomic mass is 10.1. The van der Waals surface area contributed by atoms with E-state index in [2.05, 4.69) is 10.3 Å². The Balaban J connectivity index is 2.06. The molecule has 2 rings (SSSR count). The van der Waals surface area contributed by atoms with Crippen molar-refractivity contribution in [1.82, 2.24) is 4.98 Å². The lowest BCUT2D eigenvalue weighted by Gasteiger charge is -2.11. The van der Waals surface area contributed by atoms with E-state index in [9.17, 15) is 9.18 Å². The summed E-state index contributed by atoms with van der Waals surface area (Å²) < 4.78 is 12.6. The topological polar surface area (TPSA) is 68.0 Å². The summed E-state index contributed by atoms with van der Waals surface area (Å²) in [4.78, 5) is 15.6. The first-order valence-electron chi connectivity index (χ1n) is 5.40. The van der Waals surface area contributed by atoms with Gasteiger partial charge in [-0.3, -0.25) is 4.79 Å². The number of nitrogens with one attached hydrogen (secondary N) is 1. The number of nitrogens with zero attached hydrogens (tertiary/aromatic N) is 1. The third-order valence-corrected chi connectivity index (χ3v) is 2.42. The van der Waals surface area contributed by atoms with Crippen molar-refractivity contribution in [1.29, 1.82) is 0 Å². The molecule has 1 aromatic heterocycles. The molecule has 1 heterocycles. The van der Waals surface area contributed by atoms with Gasteiger partial charge in [0.25, 0.3) is 0 Å². The van der Waals surface area contributed by atoms with E-state index in [4.69, 9.17) is 5.73 Å². The number of pyridine rings is 1. The van der Waals surface area contributed by atoms with Gasteiger partial charge in [0.2, 0.25) is 5.91 Å². The fourth-order valence-corrected chi connectivity index (χ4v) is 1.47. The number of halogens is 1. The molecule has 5 heteroatoms. The van der Waals surface area contributed by atoms with Gasteiger partial charge in [-0.05, 0) is 17.7 Å². The van der Waals surface area contributed by atoms with Gasteiger partial charge in [-0.2, -0.15) is 0 Å². The van der Waals surface area contributed by atoms with Crippen LogP contribution in [0, 0.1) is 5.82 Å². The Morgan fingerprint density at radius 2 is 1.94 bits per heavy atom. The number of carbonyl (C=O) groups is 1. The molecule has 1 atom stereocenters. The standard InChI is InChI=1S/C13H12FN3O/c14-10-6-7-11(16-8-10)17-13(18)12(15)9-4-2-1-3-5-9/h1-8,12H,15H2,(H,16,17,18)/t12-/m1/s1. The predicted octanol–water partition coefficient (Wildman–Crippen LogP) is 1.86. The molecule has 92 valence electrons. The highest BCUT2D eigenvalue weighted by Crippen LogP contribution is 2.12. The lowest BCUT2D eigenvalue weighted by molar-refractivity contribution is -0.117. The minimum absolute atomic E-state index is 0.271. The van der Waals surface area contributed by atoms with Crippen LogP contribution in [0.2, 0.25) is 0 Å². The van der Waals surface area contributed by atoms with Crippen LogP contribution in [-0.4, -0.2) is 10.9 Å². The van der Waals surface area contributed by atoms with Crippen molar-refractivity contribution in [2.24, 2.45) is 5.73 Å². The lowest BCUT2D eigenvalue weighted by Crippen LogP contribution is -2.28. The van der Waals surface area contributed by atoms with Gasteiger partial charge in [0.1, 0.15) is 17.7 Å². The van der Waals surface area contributed by atoms with Crippen LogP contribution in [0.15, 0.2) is 48.7 Å². The summed E-state index contributed by atoms with van der Waals surface area (Å²) >= 11 is 0. The summed E-state index contributed by atoms with van der Waals surface area (Å²) in [7, 11) is 0. The Morgan fingerprint density at radius 1 is 1.22 bits per heavy atom. The van der Waals surface area contributed by atoms with Gasteiger partial charge >= 0.3 is 0 Å². The number of nitrogens with two attached hydrogens (primary N) is 1. The molecular weight excluding hydrogens is 233 g/mol. The van der Waals surface area contributed by atoms with Crippen LogP contribution in [0.3, 0.4) is 0 Å². The first-order valence-corrected chi connectivity index (χ1v) is 5.40. The molecule has 1 aromatic carbocycles. The first-order chi connectivity index (χ1) is 8.66. The first kappa shape index (κ1) is 12.2. The van der Waals surface area contributed by atoms with E-state index in [-0.39, 0.29) is 11.7 Å². The fraction of sp³-hybridized carbons (Fsp3) is 0.0769. The third kappa shape index (κ3) is 2.89. The number of carbonyl (C=O) groups excluding carboxylic acids is 1. The van der Waals surface area contributed by atoms with Crippen molar-refractivity contribution in [3.63, 3.8) is 0 Å². The molecule has 2 aromatic rings. The van der Waals surface area contributed by atoms with Crippen LogP contribution >= 0.6 is 0 Å². The minimum Gasteiger partial charge on any atom is -0.316 e. The van der Waals surface area contributed by atoms with Gasteiger partial charge in [-0.25, -0.2) is 9.37 Å². The average Bonchev–Trinajstić information content (AvgIpc) is 2.41. The Hall–Kier alpha value is -2.27. The molecule has 0 fully saturated rings. The molecule has 3 N–H and O–H groups in total. The number of benzene rings is 1. The van der Waals surface area contributed by atoms with Crippen molar-refractivity contribution >= 4 is 11.7 Å². The van der Waals surface area contributed by atoms with E-state index >= 15 is 0 Å². The zero-order valence-electron chi connectivity index (χ0n) is 9.51. The molecule has 0 spiro atoms. The van der Waals surface area contributed by atoms with E-state index in [0.29, 0.717) is 5.56 Å². The Morgan fingerprint density at radius 3 is 2.56 bits per heavy atom. The van der Waals surface area contributed by atoms with Gasteiger partial charge in [0.15, 0.2) is 0 Å².